The first kappa shape index (κ1) is 12.7. The fourth-order valence-corrected chi connectivity index (χ4v) is 4.11. The third-order valence-electron chi connectivity index (χ3n) is 4.12. The second-order valence-corrected chi connectivity index (χ2v) is 6.30. The van der Waals surface area contributed by atoms with Crippen molar-refractivity contribution >= 4 is 23.2 Å². The SMILES string of the molecule is O=C(O)C1CCN(C(=O)c2csc3c2CCCC3)C1. The number of aliphatic carboxylic acids is 1. The number of amides is 1. The highest BCUT2D eigenvalue weighted by Gasteiger charge is 2.33. The van der Waals surface area contributed by atoms with Crippen LogP contribution in [0.5, 0.6) is 0 Å². The van der Waals surface area contributed by atoms with Crippen LogP contribution >= 0.6 is 11.3 Å². The number of carbonyl (C=O) groups is 2. The molecule has 1 saturated heterocycles. The molecule has 3 rings (SSSR count). The number of rotatable bonds is 2. The Hall–Kier alpha value is -1.36. The van der Waals surface area contributed by atoms with Crippen LogP contribution < -0.4 is 0 Å². The predicted molar refractivity (Wildman–Crippen MR) is 72.6 cm³/mol. The Morgan fingerprint density at radius 2 is 2.11 bits per heavy atom. The van der Waals surface area contributed by atoms with Crippen LogP contribution in [0.1, 0.15) is 40.1 Å². The number of aryl methyl sites for hydroxylation is 1. The summed E-state index contributed by atoms with van der Waals surface area (Å²) in [6.45, 7) is 0.930. The zero-order valence-electron chi connectivity index (χ0n) is 10.7. The highest BCUT2D eigenvalue weighted by molar-refractivity contribution is 7.10. The molecule has 1 aromatic heterocycles. The van der Waals surface area contributed by atoms with Crippen molar-refractivity contribution in [3.63, 3.8) is 0 Å². The van der Waals surface area contributed by atoms with Crippen LogP contribution in [-0.4, -0.2) is 35.0 Å². The van der Waals surface area contributed by atoms with Gasteiger partial charge in [-0.2, -0.15) is 0 Å². The molecule has 2 aliphatic rings. The van der Waals surface area contributed by atoms with Gasteiger partial charge >= 0.3 is 5.97 Å². The van der Waals surface area contributed by atoms with Gasteiger partial charge in [0.15, 0.2) is 0 Å². The first-order chi connectivity index (χ1) is 9.16. The summed E-state index contributed by atoms with van der Waals surface area (Å²) in [5, 5.41) is 11.0. The minimum Gasteiger partial charge on any atom is -0.481 e. The predicted octanol–water partition coefficient (Wildman–Crippen LogP) is 2.17. The van der Waals surface area contributed by atoms with E-state index in [2.05, 4.69) is 0 Å². The molecule has 1 aliphatic carbocycles. The fourth-order valence-electron chi connectivity index (χ4n) is 2.99. The second-order valence-electron chi connectivity index (χ2n) is 5.33. The summed E-state index contributed by atoms with van der Waals surface area (Å²) in [5.41, 5.74) is 2.05. The molecule has 1 aliphatic heterocycles. The lowest BCUT2D eigenvalue weighted by Gasteiger charge is -2.18. The molecule has 1 fully saturated rings. The van der Waals surface area contributed by atoms with E-state index in [0.29, 0.717) is 19.5 Å². The van der Waals surface area contributed by atoms with Gasteiger partial charge in [-0.05, 0) is 37.7 Å². The smallest absolute Gasteiger partial charge is 0.308 e. The summed E-state index contributed by atoms with van der Waals surface area (Å²) in [4.78, 5) is 26.5. The minimum atomic E-state index is -0.789. The lowest BCUT2D eigenvalue weighted by Crippen LogP contribution is -2.30. The molecular formula is C14H17NO3S. The maximum atomic E-state index is 12.5. The molecule has 0 bridgehead atoms. The first-order valence-corrected chi connectivity index (χ1v) is 7.66. The van der Waals surface area contributed by atoms with E-state index < -0.39 is 11.9 Å². The van der Waals surface area contributed by atoms with Crippen molar-refractivity contribution in [2.45, 2.75) is 32.1 Å². The highest BCUT2D eigenvalue weighted by Crippen LogP contribution is 2.31. The minimum absolute atomic E-state index is 0.0307. The van der Waals surface area contributed by atoms with Gasteiger partial charge < -0.3 is 10.0 Å². The summed E-state index contributed by atoms with van der Waals surface area (Å²) < 4.78 is 0. The molecule has 0 radical (unpaired) electrons. The average molecular weight is 279 g/mol. The molecule has 0 saturated carbocycles. The van der Waals surface area contributed by atoms with Crippen molar-refractivity contribution in [2.24, 2.45) is 5.92 Å². The number of hydrogen-bond acceptors (Lipinski definition) is 3. The van der Waals surface area contributed by atoms with Crippen molar-refractivity contribution in [1.82, 2.24) is 4.90 Å². The van der Waals surface area contributed by atoms with Crippen molar-refractivity contribution in [1.29, 1.82) is 0 Å². The third-order valence-corrected chi connectivity index (χ3v) is 5.21. The van der Waals surface area contributed by atoms with E-state index in [1.54, 1.807) is 16.2 Å². The van der Waals surface area contributed by atoms with Crippen LogP contribution in [0.2, 0.25) is 0 Å². The van der Waals surface area contributed by atoms with Crippen LogP contribution in [0.25, 0.3) is 0 Å². The third kappa shape index (κ3) is 2.27. The lowest BCUT2D eigenvalue weighted by atomic mass is 9.95. The Labute approximate surface area is 116 Å². The number of carboxylic acids is 1. The van der Waals surface area contributed by atoms with Gasteiger partial charge in [0.2, 0.25) is 0 Å². The molecule has 5 heteroatoms. The molecule has 4 nitrogen and oxygen atoms in total. The Morgan fingerprint density at radius 1 is 1.32 bits per heavy atom. The van der Waals surface area contributed by atoms with Gasteiger partial charge in [0.05, 0.1) is 11.5 Å². The van der Waals surface area contributed by atoms with E-state index in [9.17, 15) is 9.59 Å². The average Bonchev–Trinajstić information content (AvgIpc) is 3.05. The molecule has 102 valence electrons. The van der Waals surface area contributed by atoms with Crippen molar-refractivity contribution in [2.75, 3.05) is 13.1 Å². The first-order valence-electron chi connectivity index (χ1n) is 6.78. The topological polar surface area (TPSA) is 57.6 Å². The number of carbonyl (C=O) groups excluding carboxylic acids is 1. The normalized spacial score (nSPS) is 22.3. The molecule has 1 N–H and O–H groups in total. The van der Waals surface area contributed by atoms with E-state index in [1.165, 1.54) is 16.9 Å². The van der Waals surface area contributed by atoms with Crippen molar-refractivity contribution in [3.8, 4) is 0 Å². The summed E-state index contributed by atoms with van der Waals surface area (Å²) >= 11 is 1.68. The number of likely N-dealkylation sites (tertiary alicyclic amines) is 1. The van der Waals surface area contributed by atoms with Crippen molar-refractivity contribution < 1.29 is 14.7 Å². The van der Waals surface area contributed by atoms with E-state index in [4.69, 9.17) is 5.11 Å². The van der Waals surface area contributed by atoms with Crippen LogP contribution in [0.3, 0.4) is 0 Å². The Kier molecular flexibility index (Phi) is 3.31. The standard InChI is InChI=1S/C14H17NO3S/c16-13(15-6-5-9(7-15)14(17)18)11-8-19-12-4-2-1-3-10(11)12/h8-9H,1-7H2,(H,17,18). The summed E-state index contributed by atoms with van der Waals surface area (Å²) in [6.07, 6.45) is 5.03. The highest BCUT2D eigenvalue weighted by atomic mass is 32.1. The summed E-state index contributed by atoms with van der Waals surface area (Å²) in [5.74, 6) is -1.15. The van der Waals surface area contributed by atoms with Crippen molar-refractivity contribution in [3.05, 3.63) is 21.4 Å². The summed E-state index contributed by atoms with van der Waals surface area (Å²) in [7, 11) is 0. The van der Waals surface area contributed by atoms with E-state index >= 15 is 0 Å². The number of thiophene rings is 1. The van der Waals surface area contributed by atoms with E-state index in [0.717, 1.165) is 24.8 Å². The molecule has 19 heavy (non-hydrogen) atoms. The van der Waals surface area contributed by atoms with Crippen LogP contribution in [0.15, 0.2) is 5.38 Å². The van der Waals surface area contributed by atoms with Gasteiger partial charge in [0, 0.05) is 23.3 Å². The van der Waals surface area contributed by atoms with Gasteiger partial charge in [0.25, 0.3) is 5.91 Å². The number of carboxylic acid groups (broad SMARTS) is 1. The fraction of sp³-hybridized carbons (Fsp3) is 0.571. The molecule has 1 aromatic rings. The maximum Gasteiger partial charge on any atom is 0.308 e. The quantitative estimate of drug-likeness (QED) is 0.902. The Balaban J connectivity index is 1.78. The maximum absolute atomic E-state index is 12.5. The van der Waals surface area contributed by atoms with Gasteiger partial charge in [-0.1, -0.05) is 0 Å². The second kappa shape index (κ2) is 4.96. The van der Waals surface area contributed by atoms with E-state index in [-0.39, 0.29) is 5.91 Å². The van der Waals surface area contributed by atoms with Crippen LogP contribution in [-0.2, 0) is 17.6 Å². The summed E-state index contributed by atoms with van der Waals surface area (Å²) in [6, 6.07) is 0. The van der Waals surface area contributed by atoms with Gasteiger partial charge in [-0.25, -0.2) is 0 Å². The number of fused-ring (bicyclic) bond motifs is 1. The molecule has 2 heterocycles. The Bertz CT molecular complexity index is 523. The molecule has 1 amide bonds. The molecular weight excluding hydrogens is 262 g/mol. The Morgan fingerprint density at radius 3 is 2.84 bits per heavy atom. The molecule has 1 unspecified atom stereocenters. The number of hydrogen-bond donors (Lipinski definition) is 1. The van der Waals surface area contributed by atoms with Gasteiger partial charge in [-0.15, -0.1) is 11.3 Å². The number of nitrogens with zero attached hydrogens (tertiary/aromatic N) is 1. The lowest BCUT2D eigenvalue weighted by molar-refractivity contribution is -0.141. The zero-order valence-corrected chi connectivity index (χ0v) is 11.5. The van der Waals surface area contributed by atoms with Crippen LogP contribution in [0.4, 0.5) is 0 Å². The largest absolute Gasteiger partial charge is 0.481 e. The van der Waals surface area contributed by atoms with Gasteiger partial charge in [-0.3, -0.25) is 9.59 Å². The van der Waals surface area contributed by atoms with Gasteiger partial charge in [0.1, 0.15) is 0 Å². The van der Waals surface area contributed by atoms with E-state index in [1.807, 2.05) is 5.38 Å². The molecule has 1 atom stereocenters. The monoisotopic (exact) mass is 279 g/mol. The van der Waals surface area contributed by atoms with Crippen LogP contribution in [0, 0.1) is 5.92 Å². The molecule has 0 aromatic carbocycles. The zero-order chi connectivity index (χ0) is 13.4. The molecule has 0 spiro atoms.